The molecule has 0 unspecified atom stereocenters. The second-order valence-corrected chi connectivity index (χ2v) is 6.83. The minimum absolute atomic E-state index is 0.929. The Morgan fingerprint density at radius 1 is 1.11 bits per heavy atom. The van der Waals surface area contributed by atoms with Crippen LogP contribution in [0, 0.1) is 0 Å². The summed E-state index contributed by atoms with van der Waals surface area (Å²) in [6.45, 7) is 8.35. The summed E-state index contributed by atoms with van der Waals surface area (Å²) in [7, 11) is 3.92. The maximum absolute atomic E-state index is 4.80. The largest absolute Gasteiger partial charge is 0.388 e. The maximum atomic E-state index is 4.80. The lowest BCUT2D eigenvalue weighted by atomic mass is 10.0. The van der Waals surface area contributed by atoms with Crippen LogP contribution in [0.2, 0.25) is 0 Å². The zero-order chi connectivity index (χ0) is 19.2. The van der Waals surface area contributed by atoms with Gasteiger partial charge in [-0.15, -0.1) is 0 Å². The van der Waals surface area contributed by atoms with E-state index in [-0.39, 0.29) is 0 Å². The molecule has 0 saturated carbocycles. The molecule has 1 heterocycles. The fourth-order valence-electron chi connectivity index (χ4n) is 3.58. The lowest BCUT2D eigenvalue weighted by Crippen LogP contribution is -2.17. The van der Waals surface area contributed by atoms with Crippen molar-refractivity contribution < 1.29 is 4.70 Å². The minimum Gasteiger partial charge on any atom is -0.388 e. The molecule has 0 aliphatic carbocycles. The van der Waals surface area contributed by atoms with Crippen LogP contribution in [0.3, 0.4) is 0 Å². The first-order valence-electron chi connectivity index (χ1n) is 9.55. The molecule has 0 amide bonds. The second kappa shape index (κ2) is 8.67. The molecule has 0 aromatic heterocycles. The summed E-state index contributed by atoms with van der Waals surface area (Å²) in [4.78, 5) is 2.44. The van der Waals surface area contributed by atoms with Crippen molar-refractivity contribution in [2.45, 2.75) is 19.8 Å². The first kappa shape index (κ1) is 18.9. The molecule has 4 heteroatoms. The Bertz CT molecular complexity index is 856. The van der Waals surface area contributed by atoms with Gasteiger partial charge in [-0.25, -0.2) is 0 Å². The van der Waals surface area contributed by atoms with Crippen molar-refractivity contribution in [3.8, 4) is 0 Å². The first-order chi connectivity index (χ1) is 13.1. The molecule has 140 valence electrons. The molecular formula is C23H29N4+. The molecule has 3 rings (SSSR count). The van der Waals surface area contributed by atoms with Crippen LogP contribution >= 0.6 is 0 Å². The van der Waals surface area contributed by atoms with E-state index in [1.54, 1.807) is 0 Å². The van der Waals surface area contributed by atoms with Crippen LogP contribution in [-0.2, 0) is 0 Å². The zero-order valence-electron chi connectivity index (χ0n) is 16.6. The SMILES string of the molecule is C=C/C(=C(/C)N=[N+](C)c1ccc(N2CCCC2)cc1)c1ccccc1NC. The van der Waals surface area contributed by atoms with Gasteiger partial charge in [0.1, 0.15) is 5.70 Å². The Hall–Kier alpha value is -2.88. The van der Waals surface area contributed by atoms with Crippen molar-refractivity contribution in [1.29, 1.82) is 0 Å². The lowest BCUT2D eigenvalue weighted by Gasteiger charge is -2.16. The summed E-state index contributed by atoms with van der Waals surface area (Å²) in [5.41, 5.74) is 6.50. The van der Waals surface area contributed by atoms with Crippen molar-refractivity contribution in [3.63, 3.8) is 0 Å². The molecular weight excluding hydrogens is 332 g/mol. The van der Waals surface area contributed by atoms with Gasteiger partial charge in [-0.2, -0.15) is 0 Å². The Morgan fingerprint density at radius 3 is 2.41 bits per heavy atom. The highest BCUT2D eigenvalue weighted by Gasteiger charge is 2.14. The first-order valence-corrected chi connectivity index (χ1v) is 9.55. The van der Waals surface area contributed by atoms with Gasteiger partial charge < -0.3 is 10.2 Å². The topological polar surface area (TPSA) is 30.6 Å². The number of allylic oxidation sites excluding steroid dienone is 3. The van der Waals surface area contributed by atoms with Gasteiger partial charge in [0.15, 0.2) is 7.05 Å². The highest BCUT2D eigenvalue weighted by Crippen LogP contribution is 2.28. The van der Waals surface area contributed by atoms with Gasteiger partial charge in [-0.05, 0) is 43.1 Å². The summed E-state index contributed by atoms with van der Waals surface area (Å²) in [5, 5.41) is 8.04. The van der Waals surface area contributed by atoms with E-state index in [9.17, 15) is 0 Å². The Labute approximate surface area is 162 Å². The molecule has 2 aromatic carbocycles. The highest BCUT2D eigenvalue weighted by molar-refractivity contribution is 5.83. The molecule has 1 saturated heterocycles. The van der Waals surface area contributed by atoms with Crippen molar-refractivity contribution in [3.05, 3.63) is 72.4 Å². The van der Waals surface area contributed by atoms with E-state index in [0.29, 0.717) is 0 Å². The average molecular weight is 362 g/mol. The molecule has 27 heavy (non-hydrogen) atoms. The van der Waals surface area contributed by atoms with Crippen LogP contribution in [0.5, 0.6) is 0 Å². The molecule has 1 N–H and O–H groups in total. The van der Waals surface area contributed by atoms with Gasteiger partial charge in [-0.1, -0.05) is 35.6 Å². The number of anilines is 2. The molecule has 0 radical (unpaired) electrons. The zero-order valence-corrected chi connectivity index (χ0v) is 16.6. The second-order valence-electron chi connectivity index (χ2n) is 6.83. The fourth-order valence-corrected chi connectivity index (χ4v) is 3.58. The number of nitrogens with one attached hydrogen (secondary N) is 1. The van der Waals surface area contributed by atoms with Crippen molar-refractivity contribution in [2.24, 2.45) is 5.11 Å². The van der Waals surface area contributed by atoms with Crippen LogP contribution in [0.25, 0.3) is 5.57 Å². The highest BCUT2D eigenvalue weighted by atomic mass is 15.3. The number of hydrogen-bond acceptors (Lipinski definition) is 3. The van der Waals surface area contributed by atoms with E-state index < -0.39 is 0 Å². The number of benzene rings is 2. The number of hydrogen-bond donors (Lipinski definition) is 1. The molecule has 1 aliphatic heterocycles. The van der Waals surface area contributed by atoms with Gasteiger partial charge in [0, 0.05) is 54.8 Å². The number of rotatable bonds is 6. The van der Waals surface area contributed by atoms with Crippen molar-refractivity contribution >= 4 is 22.6 Å². The molecule has 1 aliphatic rings. The van der Waals surface area contributed by atoms with Crippen molar-refractivity contribution in [2.75, 3.05) is 37.4 Å². The molecule has 0 spiro atoms. The molecule has 0 bridgehead atoms. The van der Waals surface area contributed by atoms with Crippen molar-refractivity contribution in [1.82, 2.24) is 0 Å². The Balaban J connectivity index is 1.88. The van der Waals surface area contributed by atoms with Gasteiger partial charge >= 0.3 is 0 Å². The molecule has 0 atom stereocenters. The van der Waals surface area contributed by atoms with Gasteiger partial charge in [0.25, 0.3) is 0 Å². The monoisotopic (exact) mass is 361 g/mol. The summed E-state index contributed by atoms with van der Waals surface area (Å²) in [5.74, 6) is 0. The minimum atomic E-state index is 0.929. The summed E-state index contributed by atoms with van der Waals surface area (Å²) < 4.78 is 1.93. The fraction of sp³-hybridized carbons (Fsp3) is 0.304. The summed E-state index contributed by atoms with van der Waals surface area (Å²) in [6.07, 6.45) is 4.46. The van der Waals surface area contributed by atoms with Crippen LogP contribution < -0.4 is 10.2 Å². The van der Waals surface area contributed by atoms with E-state index in [0.717, 1.165) is 41.3 Å². The van der Waals surface area contributed by atoms with Crippen LogP contribution in [0.4, 0.5) is 17.1 Å². The van der Waals surface area contributed by atoms with E-state index in [2.05, 4.69) is 53.2 Å². The quantitative estimate of drug-likeness (QED) is 0.408. The third-order valence-corrected chi connectivity index (χ3v) is 5.08. The molecule has 4 nitrogen and oxygen atoms in total. The Kier molecular flexibility index (Phi) is 6.07. The van der Waals surface area contributed by atoms with E-state index >= 15 is 0 Å². The predicted molar refractivity (Wildman–Crippen MR) is 115 cm³/mol. The standard InChI is InChI=1S/C23H28N4/c1-5-21(22-10-6-7-11-23(22)24-3)18(2)25-26(4)19-12-14-20(15-13-19)27-16-8-9-17-27/h5-7,10-15H,1,8-9,16-17H2,2-4H3/p+1. The molecule has 1 fully saturated rings. The number of para-hydroxylation sites is 1. The van der Waals surface area contributed by atoms with Crippen LogP contribution in [0.1, 0.15) is 25.3 Å². The average Bonchev–Trinajstić information content (AvgIpc) is 3.24. The summed E-state index contributed by atoms with van der Waals surface area (Å²) in [6, 6.07) is 16.9. The third-order valence-electron chi connectivity index (χ3n) is 5.08. The van der Waals surface area contributed by atoms with E-state index in [1.165, 1.54) is 18.5 Å². The maximum Gasteiger partial charge on any atom is 0.231 e. The van der Waals surface area contributed by atoms with Crippen LogP contribution in [-0.4, -0.2) is 31.9 Å². The molecule has 2 aromatic rings. The van der Waals surface area contributed by atoms with Gasteiger partial charge in [-0.3, -0.25) is 0 Å². The number of azo groups is 2. The summed E-state index contributed by atoms with van der Waals surface area (Å²) >= 11 is 0. The van der Waals surface area contributed by atoms with Crippen LogP contribution in [0.15, 0.2) is 72.0 Å². The predicted octanol–water partition coefficient (Wildman–Crippen LogP) is 5.67. The van der Waals surface area contributed by atoms with E-state index in [4.69, 9.17) is 5.11 Å². The third kappa shape index (κ3) is 4.27. The van der Waals surface area contributed by atoms with Gasteiger partial charge in [0.05, 0.1) is 0 Å². The lowest BCUT2D eigenvalue weighted by molar-refractivity contribution is -0.478. The normalized spacial score (nSPS) is 15.5. The number of nitrogens with zero attached hydrogens (tertiary/aromatic N) is 3. The smallest absolute Gasteiger partial charge is 0.231 e. The van der Waals surface area contributed by atoms with E-state index in [1.807, 2.05) is 43.9 Å². The van der Waals surface area contributed by atoms with Gasteiger partial charge in [0.2, 0.25) is 5.69 Å². The Morgan fingerprint density at radius 2 is 1.78 bits per heavy atom.